The topological polar surface area (TPSA) is 27.8 Å². The fraction of sp³-hybridized carbons (Fsp3) is 0.529. The van der Waals surface area contributed by atoms with Gasteiger partial charge in [-0.3, -0.25) is 0 Å². The Balaban J connectivity index is 2.25. The largest absolute Gasteiger partial charge is 0.357 e. The highest BCUT2D eigenvalue weighted by Gasteiger charge is 2.30. The minimum absolute atomic E-state index is 0.0501. The molecule has 0 aliphatic carbocycles. The highest BCUT2D eigenvalue weighted by atomic mass is 15.0. The summed E-state index contributed by atoms with van der Waals surface area (Å²) in [5.74, 6) is 0. The van der Waals surface area contributed by atoms with Gasteiger partial charge in [0.1, 0.15) is 0 Å². The molecule has 19 heavy (non-hydrogen) atoms. The number of rotatable bonds is 0. The summed E-state index contributed by atoms with van der Waals surface area (Å²) in [6.45, 7) is 12.4. The molecule has 0 saturated heterocycles. The van der Waals surface area contributed by atoms with Crippen LogP contribution in [0.5, 0.6) is 0 Å². The van der Waals surface area contributed by atoms with Crippen LogP contribution in [0, 0.1) is 0 Å². The van der Waals surface area contributed by atoms with Crippen LogP contribution in [0.25, 0.3) is 10.9 Å². The molecule has 2 aromatic rings. The Morgan fingerprint density at radius 1 is 1.16 bits per heavy atom. The smallest absolute Gasteiger partial charge is 0.0532 e. The van der Waals surface area contributed by atoms with Crippen LogP contribution in [0.1, 0.15) is 51.4 Å². The molecule has 0 spiro atoms. The van der Waals surface area contributed by atoms with Gasteiger partial charge in [0.05, 0.1) is 5.54 Å². The van der Waals surface area contributed by atoms with Gasteiger partial charge in [0.2, 0.25) is 0 Å². The Morgan fingerprint density at radius 2 is 1.89 bits per heavy atom. The molecular weight excluding hydrogens is 232 g/mol. The van der Waals surface area contributed by atoms with E-state index in [2.05, 4.69) is 63.1 Å². The summed E-state index contributed by atoms with van der Waals surface area (Å²) in [5, 5.41) is 5.00. The molecule has 2 N–H and O–H groups in total. The molecular formula is C17H24N2. The van der Waals surface area contributed by atoms with E-state index in [1.165, 1.54) is 27.7 Å². The van der Waals surface area contributed by atoms with Crippen LogP contribution >= 0.6 is 0 Å². The van der Waals surface area contributed by atoms with Crippen molar-refractivity contribution in [3.63, 3.8) is 0 Å². The quantitative estimate of drug-likeness (QED) is 0.736. The third kappa shape index (κ3) is 1.99. The lowest BCUT2D eigenvalue weighted by molar-refractivity contribution is 0.374. The molecule has 2 nitrogen and oxygen atoms in total. The van der Waals surface area contributed by atoms with Crippen molar-refractivity contribution in [1.29, 1.82) is 0 Å². The maximum absolute atomic E-state index is 3.62. The zero-order valence-electron chi connectivity index (χ0n) is 12.6. The van der Waals surface area contributed by atoms with Gasteiger partial charge in [-0.15, -0.1) is 0 Å². The van der Waals surface area contributed by atoms with Gasteiger partial charge in [-0.05, 0) is 48.9 Å². The van der Waals surface area contributed by atoms with Crippen LogP contribution < -0.4 is 5.32 Å². The summed E-state index contributed by atoms with van der Waals surface area (Å²) >= 11 is 0. The molecule has 3 rings (SSSR count). The number of hydrogen-bond acceptors (Lipinski definition) is 1. The van der Waals surface area contributed by atoms with E-state index in [9.17, 15) is 0 Å². The number of nitrogens with one attached hydrogen (secondary N) is 2. The predicted molar refractivity (Wildman–Crippen MR) is 81.7 cm³/mol. The van der Waals surface area contributed by atoms with Gasteiger partial charge in [-0.2, -0.15) is 0 Å². The van der Waals surface area contributed by atoms with Gasteiger partial charge < -0.3 is 10.3 Å². The molecule has 1 aromatic carbocycles. The highest BCUT2D eigenvalue weighted by Crippen LogP contribution is 2.35. The highest BCUT2D eigenvalue weighted by molar-refractivity contribution is 5.86. The van der Waals surface area contributed by atoms with Crippen molar-refractivity contribution in [2.24, 2.45) is 0 Å². The van der Waals surface area contributed by atoms with E-state index in [-0.39, 0.29) is 11.0 Å². The Hall–Kier alpha value is -1.28. The first-order valence-electron chi connectivity index (χ1n) is 7.20. The lowest BCUT2D eigenvalue weighted by Crippen LogP contribution is -2.42. The molecule has 1 aliphatic heterocycles. The lowest BCUT2D eigenvalue weighted by atomic mass is 9.85. The van der Waals surface area contributed by atoms with E-state index < -0.39 is 0 Å². The van der Waals surface area contributed by atoms with E-state index in [4.69, 9.17) is 0 Å². The van der Waals surface area contributed by atoms with Crippen LogP contribution in [-0.2, 0) is 17.4 Å². The molecule has 0 atom stereocenters. The third-order valence-electron chi connectivity index (χ3n) is 4.34. The van der Waals surface area contributed by atoms with Crippen molar-refractivity contribution in [2.75, 3.05) is 6.54 Å². The van der Waals surface area contributed by atoms with Crippen molar-refractivity contribution in [1.82, 2.24) is 10.3 Å². The van der Waals surface area contributed by atoms with Crippen molar-refractivity contribution >= 4 is 10.9 Å². The monoisotopic (exact) mass is 256 g/mol. The molecule has 0 fully saturated rings. The molecule has 0 saturated carbocycles. The molecule has 0 unspecified atom stereocenters. The van der Waals surface area contributed by atoms with Crippen LogP contribution in [-0.4, -0.2) is 11.5 Å². The SMILES string of the molecule is CC(C)(C)c1ccc2[nH]c3c(c2c1)CCNC3(C)C. The summed E-state index contributed by atoms with van der Waals surface area (Å²) in [6.07, 6.45) is 1.12. The van der Waals surface area contributed by atoms with Gasteiger partial charge in [0.15, 0.2) is 0 Å². The van der Waals surface area contributed by atoms with Crippen molar-refractivity contribution in [3.8, 4) is 0 Å². The minimum Gasteiger partial charge on any atom is -0.357 e. The maximum Gasteiger partial charge on any atom is 0.0532 e. The third-order valence-corrected chi connectivity index (χ3v) is 4.34. The summed E-state index contributed by atoms with van der Waals surface area (Å²) in [6, 6.07) is 6.88. The van der Waals surface area contributed by atoms with Crippen molar-refractivity contribution in [3.05, 3.63) is 35.0 Å². The zero-order valence-corrected chi connectivity index (χ0v) is 12.6. The average Bonchev–Trinajstić information content (AvgIpc) is 2.67. The van der Waals surface area contributed by atoms with Crippen LogP contribution in [0.4, 0.5) is 0 Å². The van der Waals surface area contributed by atoms with Crippen molar-refractivity contribution in [2.45, 2.75) is 52.0 Å². The first-order chi connectivity index (χ1) is 8.79. The van der Waals surface area contributed by atoms with Crippen LogP contribution in [0.3, 0.4) is 0 Å². The lowest BCUT2D eigenvalue weighted by Gasteiger charge is -2.31. The van der Waals surface area contributed by atoms with E-state index in [0.717, 1.165) is 13.0 Å². The second kappa shape index (κ2) is 3.86. The summed E-state index contributed by atoms with van der Waals surface area (Å²) in [7, 11) is 0. The molecule has 0 radical (unpaired) electrons. The van der Waals surface area contributed by atoms with Crippen molar-refractivity contribution < 1.29 is 0 Å². The van der Waals surface area contributed by atoms with Crippen LogP contribution in [0.15, 0.2) is 18.2 Å². The fourth-order valence-corrected chi connectivity index (χ4v) is 3.10. The van der Waals surface area contributed by atoms with E-state index in [1.54, 1.807) is 0 Å². The minimum atomic E-state index is 0.0501. The Labute approximate surface area is 115 Å². The molecule has 1 aromatic heterocycles. The molecule has 2 heterocycles. The average molecular weight is 256 g/mol. The second-order valence-corrected chi connectivity index (χ2v) is 7.29. The van der Waals surface area contributed by atoms with E-state index >= 15 is 0 Å². The maximum atomic E-state index is 3.62. The second-order valence-electron chi connectivity index (χ2n) is 7.29. The Kier molecular flexibility index (Phi) is 2.59. The number of aromatic amines is 1. The predicted octanol–water partition coefficient (Wildman–Crippen LogP) is 3.85. The van der Waals surface area contributed by atoms with Crippen LogP contribution in [0.2, 0.25) is 0 Å². The van der Waals surface area contributed by atoms with Gasteiger partial charge >= 0.3 is 0 Å². The zero-order chi connectivity index (χ0) is 13.8. The number of aromatic nitrogens is 1. The number of fused-ring (bicyclic) bond motifs is 3. The fourth-order valence-electron chi connectivity index (χ4n) is 3.10. The van der Waals surface area contributed by atoms with E-state index in [0.29, 0.717) is 0 Å². The number of benzene rings is 1. The molecule has 0 amide bonds. The Bertz CT molecular complexity index is 626. The molecule has 1 aliphatic rings. The normalized spacial score (nSPS) is 18.6. The molecule has 102 valence electrons. The standard InChI is InChI=1S/C17H24N2/c1-16(2,3)11-6-7-14-13(10-11)12-8-9-18-17(4,5)15(12)19-14/h6-7,10,18-19H,8-9H2,1-5H3. The first-order valence-corrected chi connectivity index (χ1v) is 7.20. The van der Waals surface area contributed by atoms with Gasteiger partial charge in [0.25, 0.3) is 0 Å². The molecule has 2 heteroatoms. The molecule has 0 bridgehead atoms. The summed E-state index contributed by atoms with van der Waals surface area (Å²) in [4.78, 5) is 3.62. The first kappa shape index (κ1) is 12.7. The summed E-state index contributed by atoms with van der Waals surface area (Å²) < 4.78 is 0. The van der Waals surface area contributed by atoms with Gasteiger partial charge in [-0.1, -0.05) is 26.8 Å². The number of hydrogen-bond donors (Lipinski definition) is 2. The number of H-pyrrole nitrogens is 1. The van der Waals surface area contributed by atoms with Gasteiger partial charge in [0, 0.05) is 23.1 Å². The summed E-state index contributed by atoms with van der Waals surface area (Å²) in [5.41, 5.74) is 5.81. The van der Waals surface area contributed by atoms with E-state index in [1.807, 2.05) is 0 Å². The van der Waals surface area contributed by atoms with Gasteiger partial charge in [-0.25, -0.2) is 0 Å². The Morgan fingerprint density at radius 3 is 2.58 bits per heavy atom.